The maximum Gasteiger partial charge on any atom is 0.169 e. The van der Waals surface area contributed by atoms with Gasteiger partial charge in [0.1, 0.15) is 5.75 Å². The van der Waals surface area contributed by atoms with E-state index in [9.17, 15) is 4.79 Å². The minimum absolute atomic E-state index is 0.0829. The number of nitrogens with one attached hydrogen (secondary N) is 1. The number of allylic oxidation sites excluding steroid dienone is 5. The number of carbonyl (C=O) groups is 1. The van der Waals surface area contributed by atoms with Crippen molar-refractivity contribution >= 4 is 33.9 Å². The van der Waals surface area contributed by atoms with Crippen LogP contribution in [0.4, 0.5) is 0 Å². The van der Waals surface area contributed by atoms with Gasteiger partial charge in [0, 0.05) is 29.3 Å². The molecule has 1 heterocycles. The lowest BCUT2D eigenvalue weighted by molar-refractivity contribution is 0.0943. The lowest BCUT2D eigenvalue weighted by atomic mass is 9.75. The minimum Gasteiger partial charge on any atom is -0.496 e. The molecule has 1 N–H and O–H groups in total. The predicted molar refractivity (Wildman–Crippen MR) is 149 cm³/mol. The molecule has 178 valence electrons. The zero-order chi connectivity index (χ0) is 24.6. The minimum atomic E-state index is -0.246. The normalized spacial score (nSPS) is 19.3. The Balaban J connectivity index is 1.53. The van der Waals surface area contributed by atoms with Crippen LogP contribution in [0, 0.1) is 5.92 Å². The molecule has 3 nitrogen and oxygen atoms in total. The molecular weight excluding hydrogens is 510 g/mol. The fraction of sp³-hybridized carbons (Fsp3) is 0.156. The third-order valence-electron chi connectivity index (χ3n) is 7.38. The van der Waals surface area contributed by atoms with Gasteiger partial charge < -0.3 is 10.1 Å². The number of rotatable bonds is 4. The highest BCUT2D eigenvalue weighted by Crippen LogP contribution is 2.36. The fourth-order valence-corrected chi connectivity index (χ4v) is 6.02. The second kappa shape index (κ2) is 9.44. The molecule has 2 unspecified atom stereocenters. The molecule has 2 atom stereocenters. The van der Waals surface area contributed by atoms with Crippen molar-refractivity contribution < 1.29 is 9.53 Å². The van der Waals surface area contributed by atoms with E-state index in [2.05, 4.69) is 81.9 Å². The van der Waals surface area contributed by atoms with Gasteiger partial charge in [-0.2, -0.15) is 0 Å². The number of ketones is 1. The van der Waals surface area contributed by atoms with E-state index in [1.54, 1.807) is 7.11 Å². The molecular formula is C32H26BrNO2. The quantitative estimate of drug-likeness (QED) is 0.430. The van der Waals surface area contributed by atoms with Gasteiger partial charge in [0.25, 0.3) is 0 Å². The molecule has 4 heteroatoms. The molecule has 3 aliphatic rings. The summed E-state index contributed by atoms with van der Waals surface area (Å²) in [4.78, 5) is 13.9. The van der Waals surface area contributed by atoms with Gasteiger partial charge in [-0.25, -0.2) is 0 Å². The van der Waals surface area contributed by atoms with E-state index in [0.717, 1.165) is 16.6 Å². The predicted octanol–water partition coefficient (Wildman–Crippen LogP) is 5.79. The van der Waals surface area contributed by atoms with Crippen molar-refractivity contribution in [3.05, 3.63) is 122 Å². The first-order valence-corrected chi connectivity index (χ1v) is 13.0. The van der Waals surface area contributed by atoms with Crippen LogP contribution >= 0.6 is 15.9 Å². The SMILES string of the molecule is COc1cc(C(=O)C2C=c3c(ccc4c3=CCc3ccccc3-4)C(C3=CC=CC=CN3)C2)ccc1Br. The molecule has 1 aliphatic heterocycles. The number of hydrogen-bond acceptors (Lipinski definition) is 3. The topological polar surface area (TPSA) is 38.3 Å². The first kappa shape index (κ1) is 22.8. The van der Waals surface area contributed by atoms with Crippen LogP contribution in [0.3, 0.4) is 0 Å². The maximum absolute atomic E-state index is 13.9. The molecule has 0 radical (unpaired) electrons. The molecule has 36 heavy (non-hydrogen) atoms. The molecule has 0 saturated heterocycles. The summed E-state index contributed by atoms with van der Waals surface area (Å²) in [5.41, 5.74) is 6.91. The lowest BCUT2D eigenvalue weighted by Crippen LogP contribution is -2.39. The third-order valence-corrected chi connectivity index (χ3v) is 8.03. The van der Waals surface area contributed by atoms with E-state index in [1.807, 2.05) is 36.6 Å². The molecule has 0 amide bonds. The number of fused-ring (bicyclic) bond motifs is 5. The van der Waals surface area contributed by atoms with Crippen LogP contribution < -0.4 is 20.5 Å². The Hall–Kier alpha value is -3.63. The summed E-state index contributed by atoms with van der Waals surface area (Å²) in [6, 6.07) is 18.7. The van der Waals surface area contributed by atoms with Crippen molar-refractivity contribution in [2.75, 3.05) is 7.11 Å². The first-order chi connectivity index (χ1) is 17.6. The Kier molecular flexibility index (Phi) is 5.98. The van der Waals surface area contributed by atoms with Gasteiger partial charge in [0.05, 0.1) is 11.6 Å². The van der Waals surface area contributed by atoms with Gasteiger partial charge in [-0.15, -0.1) is 0 Å². The Morgan fingerprint density at radius 2 is 1.89 bits per heavy atom. The zero-order valence-electron chi connectivity index (χ0n) is 20.0. The first-order valence-electron chi connectivity index (χ1n) is 12.2. The summed E-state index contributed by atoms with van der Waals surface area (Å²) in [6.07, 6.45) is 16.3. The van der Waals surface area contributed by atoms with Crippen molar-refractivity contribution in [3.8, 4) is 16.9 Å². The van der Waals surface area contributed by atoms with Gasteiger partial charge >= 0.3 is 0 Å². The number of Topliss-reactive ketones (excluding diaryl/α,β-unsaturated/α-hetero) is 1. The van der Waals surface area contributed by atoms with Gasteiger partial charge in [0.2, 0.25) is 0 Å². The van der Waals surface area contributed by atoms with Crippen molar-refractivity contribution in [3.63, 3.8) is 0 Å². The summed E-state index contributed by atoms with van der Waals surface area (Å²) >= 11 is 3.50. The largest absolute Gasteiger partial charge is 0.496 e. The second-order valence-corrected chi connectivity index (χ2v) is 10.2. The smallest absolute Gasteiger partial charge is 0.169 e. The van der Waals surface area contributed by atoms with E-state index < -0.39 is 0 Å². The number of hydrogen-bond donors (Lipinski definition) is 1. The Morgan fingerprint density at radius 3 is 2.78 bits per heavy atom. The van der Waals surface area contributed by atoms with E-state index in [4.69, 9.17) is 4.74 Å². The molecule has 2 aliphatic carbocycles. The van der Waals surface area contributed by atoms with Gasteiger partial charge in [0.15, 0.2) is 5.78 Å². The molecule has 3 aromatic rings. The average Bonchev–Trinajstić information content (AvgIpc) is 3.21. The monoisotopic (exact) mass is 535 g/mol. The Morgan fingerprint density at radius 1 is 1.00 bits per heavy atom. The van der Waals surface area contributed by atoms with E-state index in [1.165, 1.54) is 32.7 Å². The Bertz CT molecular complexity index is 1590. The molecule has 0 bridgehead atoms. The van der Waals surface area contributed by atoms with Gasteiger partial charge in [-0.3, -0.25) is 4.79 Å². The second-order valence-electron chi connectivity index (χ2n) is 9.38. The summed E-state index contributed by atoms with van der Waals surface area (Å²) in [5.74, 6) is 0.619. The van der Waals surface area contributed by atoms with Crippen LogP contribution in [0.5, 0.6) is 5.75 Å². The van der Waals surface area contributed by atoms with Crippen LogP contribution in [-0.4, -0.2) is 12.9 Å². The van der Waals surface area contributed by atoms with Gasteiger partial charge in [-0.05, 0) is 91.8 Å². The summed E-state index contributed by atoms with van der Waals surface area (Å²) in [7, 11) is 1.62. The third kappa shape index (κ3) is 3.96. The van der Waals surface area contributed by atoms with Crippen molar-refractivity contribution in [1.82, 2.24) is 5.32 Å². The number of ether oxygens (including phenoxy) is 1. The molecule has 3 aromatic carbocycles. The highest BCUT2D eigenvalue weighted by atomic mass is 79.9. The number of methoxy groups -OCH3 is 1. The van der Waals surface area contributed by atoms with Crippen LogP contribution in [-0.2, 0) is 6.42 Å². The lowest BCUT2D eigenvalue weighted by Gasteiger charge is -2.30. The van der Waals surface area contributed by atoms with Crippen LogP contribution in [0.1, 0.15) is 33.8 Å². The highest BCUT2D eigenvalue weighted by molar-refractivity contribution is 9.10. The number of carbonyl (C=O) groups excluding carboxylic acids is 1. The maximum atomic E-state index is 13.9. The van der Waals surface area contributed by atoms with Crippen molar-refractivity contribution in [1.29, 1.82) is 0 Å². The van der Waals surface area contributed by atoms with E-state index >= 15 is 0 Å². The molecule has 0 saturated carbocycles. The van der Waals surface area contributed by atoms with E-state index in [0.29, 0.717) is 17.7 Å². The van der Waals surface area contributed by atoms with Crippen LogP contribution in [0.25, 0.3) is 23.3 Å². The number of halogens is 1. The summed E-state index contributed by atoms with van der Waals surface area (Å²) in [6.45, 7) is 0. The molecule has 0 aromatic heterocycles. The number of benzene rings is 3. The summed E-state index contributed by atoms with van der Waals surface area (Å²) < 4.78 is 6.31. The van der Waals surface area contributed by atoms with Crippen molar-refractivity contribution in [2.24, 2.45) is 5.92 Å². The molecule has 0 fully saturated rings. The zero-order valence-corrected chi connectivity index (χ0v) is 21.6. The average molecular weight is 536 g/mol. The van der Waals surface area contributed by atoms with E-state index in [-0.39, 0.29) is 17.6 Å². The highest BCUT2D eigenvalue weighted by Gasteiger charge is 2.31. The molecule has 6 rings (SSSR count). The van der Waals surface area contributed by atoms with Crippen LogP contribution in [0.15, 0.2) is 95.3 Å². The molecule has 0 spiro atoms. The van der Waals surface area contributed by atoms with Crippen molar-refractivity contribution in [2.45, 2.75) is 18.8 Å². The van der Waals surface area contributed by atoms with Crippen LogP contribution in [0.2, 0.25) is 0 Å². The van der Waals surface area contributed by atoms with Gasteiger partial charge in [-0.1, -0.05) is 60.7 Å². The Labute approximate surface area is 219 Å². The fourth-order valence-electron chi connectivity index (χ4n) is 5.61. The summed E-state index contributed by atoms with van der Waals surface area (Å²) in [5, 5.41) is 5.89. The standard InChI is InChI=1S/C32H26BrNO2/c1-36-31-19-21(11-15-29(31)33)32(35)22-17-27-25-12-10-20-7-4-5-8-23(20)24(25)13-14-26(27)28(18-22)30-9-3-2-6-16-34-30/h2-9,11-17,19,22,28,34H,10,18H2,1H3.